The summed E-state index contributed by atoms with van der Waals surface area (Å²) in [5, 5.41) is 11.5. The summed E-state index contributed by atoms with van der Waals surface area (Å²) in [4.78, 5) is 33.8. The number of pyridine rings is 1. The first kappa shape index (κ1) is 17.5. The molecule has 128 valence electrons. The smallest absolute Gasteiger partial charge is 0.298 e. The van der Waals surface area contributed by atoms with Gasteiger partial charge >= 0.3 is 0 Å². The van der Waals surface area contributed by atoms with E-state index in [9.17, 15) is 19.7 Å². The summed E-state index contributed by atoms with van der Waals surface area (Å²) in [5.41, 5.74) is -0.335. The molecule has 8 nitrogen and oxygen atoms in total. The Labute approximate surface area is 137 Å². The molecule has 1 aromatic heterocycles. The van der Waals surface area contributed by atoms with Gasteiger partial charge in [0.2, 0.25) is 5.75 Å². The van der Waals surface area contributed by atoms with Crippen LogP contribution in [0.3, 0.4) is 0 Å². The molecule has 8 heteroatoms. The van der Waals surface area contributed by atoms with Gasteiger partial charge in [-0.3, -0.25) is 19.7 Å². The third kappa shape index (κ3) is 3.22. The van der Waals surface area contributed by atoms with E-state index in [1.54, 1.807) is 6.92 Å². The van der Waals surface area contributed by atoms with Gasteiger partial charge in [0.05, 0.1) is 17.0 Å². The Morgan fingerprint density at radius 3 is 2.62 bits per heavy atom. The molecular formula is C16H18N2O6. The molecule has 1 aromatic carbocycles. The number of ether oxygens (including phenoxy) is 2. The minimum atomic E-state index is -0.566. The first-order valence-electron chi connectivity index (χ1n) is 7.63. The van der Waals surface area contributed by atoms with Gasteiger partial charge in [0.15, 0.2) is 5.75 Å². The summed E-state index contributed by atoms with van der Waals surface area (Å²) in [7, 11) is 0. The molecule has 0 aliphatic rings. The molecule has 1 heterocycles. The molecule has 0 fully saturated rings. The van der Waals surface area contributed by atoms with Crippen LogP contribution in [-0.2, 0) is 11.3 Å². The lowest BCUT2D eigenvalue weighted by Gasteiger charge is -2.16. The second-order valence-electron chi connectivity index (χ2n) is 5.08. The number of aryl methyl sites for hydroxylation is 1. The average Bonchev–Trinajstić information content (AvgIpc) is 2.57. The van der Waals surface area contributed by atoms with Crippen molar-refractivity contribution in [2.24, 2.45) is 0 Å². The van der Waals surface area contributed by atoms with Crippen LogP contribution >= 0.6 is 0 Å². The van der Waals surface area contributed by atoms with Crippen molar-refractivity contribution in [3.8, 4) is 11.5 Å². The second kappa shape index (κ2) is 7.58. The van der Waals surface area contributed by atoms with Crippen molar-refractivity contribution in [3.63, 3.8) is 0 Å². The third-order valence-corrected chi connectivity index (χ3v) is 3.60. The fraction of sp³-hybridized carbons (Fsp3) is 0.375. The predicted octanol–water partition coefficient (Wildman–Crippen LogP) is 2.64. The van der Waals surface area contributed by atoms with Crippen molar-refractivity contribution in [3.05, 3.63) is 38.7 Å². The molecular weight excluding hydrogens is 316 g/mol. The van der Waals surface area contributed by atoms with E-state index in [1.807, 2.05) is 6.92 Å². The van der Waals surface area contributed by atoms with Gasteiger partial charge in [0.1, 0.15) is 0 Å². The standard InChI is InChI=1S/C16H18N2O6/c1-3-5-8-23-14-12-7-6-11(18(21)22)9-13(12)17(4-2)16(20)15(14)24-10-19/h6-7,9-10H,3-5,8H2,1-2H3. The number of hydrogen-bond acceptors (Lipinski definition) is 6. The Morgan fingerprint density at radius 1 is 1.29 bits per heavy atom. The molecule has 24 heavy (non-hydrogen) atoms. The van der Waals surface area contributed by atoms with Gasteiger partial charge < -0.3 is 14.0 Å². The quantitative estimate of drug-likeness (QED) is 0.318. The molecule has 0 spiro atoms. The summed E-state index contributed by atoms with van der Waals surface area (Å²) in [6.07, 6.45) is 1.64. The molecule has 0 bridgehead atoms. The second-order valence-corrected chi connectivity index (χ2v) is 5.08. The van der Waals surface area contributed by atoms with E-state index in [0.717, 1.165) is 12.8 Å². The molecule has 0 unspecified atom stereocenters. The van der Waals surface area contributed by atoms with Crippen LogP contribution in [0.1, 0.15) is 26.7 Å². The number of rotatable bonds is 8. The zero-order valence-electron chi connectivity index (χ0n) is 13.5. The fourth-order valence-electron chi connectivity index (χ4n) is 2.43. The van der Waals surface area contributed by atoms with Gasteiger partial charge in [-0.25, -0.2) is 0 Å². The molecule has 0 N–H and O–H groups in total. The van der Waals surface area contributed by atoms with Crippen LogP contribution in [0.4, 0.5) is 5.69 Å². The highest BCUT2D eigenvalue weighted by atomic mass is 16.6. The number of carbonyl (C=O) groups excluding carboxylic acids is 1. The van der Waals surface area contributed by atoms with E-state index in [1.165, 1.54) is 22.8 Å². The molecule has 0 aliphatic heterocycles. The summed E-state index contributed by atoms with van der Waals surface area (Å²) in [5.74, 6) is -0.0699. The minimum Gasteiger partial charge on any atom is -0.489 e. The minimum absolute atomic E-state index is 0.132. The number of nitrogens with zero attached hydrogens (tertiary/aromatic N) is 2. The summed E-state index contributed by atoms with van der Waals surface area (Å²) < 4.78 is 11.8. The van der Waals surface area contributed by atoms with Gasteiger partial charge in [-0.05, 0) is 19.4 Å². The van der Waals surface area contributed by atoms with Crippen molar-refractivity contribution in [1.82, 2.24) is 4.57 Å². The van der Waals surface area contributed by atoms with E-state index in [0.29, 0.717) is 17.5 Å². The molecule has 0 saturated heterocycles. The molecule has 0 aliphatic carbocycles. The van der Waals surface area contributed by atoms with Crippen LogP contribution in [0.15, 0.2) is 23.0 Å². The molecule has 2 aromatic rings. The monoisotopic (exact) mass is 334 g/mol. The van der Waals surface area contributed by atoms with Crippen LogP contribution < -0.4 is 15.0 Å². The highest BCUT2D eigenvalue weighted by Crippen LogP contribution is 2.34. The number of aromatic nitrogens is 1. The van der Waals surface area contributed by atoms with E-state index >= 15 is 0 Å². The topological polar surface area (TPSA) is 101 Å². The highest BCUT2D eigenvalue weighted by Gasteiger charge is 2.21. The first-order chi connectivity index (χ1) is 11.5. The van der Waals surface area contributed by atoms with Crippen molar-refractivity contribution >= 4 is 23.1 Å². The van der Waals surface area contributed by atoms with Crippen LogP contribution in [0.25, 0.3) is 10.9 Å². The maximum atomic E-state index is 12.6. The van der Waals surface area contributed by atoms with Crippen molar-refractivity contribution < 1.29 is 19.2 Å². The van der Waals surface area contributed by atoms with Gasteiger partial charge in [-0.15, -0.1) is 0 Å². The van der Waals surface area contributed by atoms with E-state index < -0.39 is 10.5 Å². The van der Waals surface area contributed by atoms with Gasteiger partial charge in [-0.2, -0.15) is 0 Å². The summed E-state index contributed by atoms with van der Waals surface area (Å²) >= 11 is 0. The normalized spacial score (nSPS) is 10.6. The molecule has 0 amide bonds. The number of carbonyl (C=O) groups is 1. The summed E-state index contributed by atoms with van der Waals surface area (Å²) in [6, 6.07) is 4.14. The predicted molar refractivity (Wildman–Crippen MR) is 87.6 cm³/mol. The summed E-state index contributed by atoms with van der Waals surface area (Å²) in [6.45, 7) is 4.49. The Bertz CT molecular complexity index is 827. The fourth-order valence-corrected chi connectivity index (χ4v) is 2.43. The number of benzene rings is 1. The van der Waals surface area contributed by atoms with Crippen LogP contribution in [-0.4, -0.2) is 22.6 Å². The van der Waals surface area contributed by atoms with E-state index in [-0.39, 0.29) is 30.2 Å². The van der Waals surface area contributed by atoms with Crippen LogP contribution in [0.5, 0.6) is 11.5 Å². The molecule has 0 saturated carbocycles. The maximum Gasteiger partial charge on any atom is 0.298 e. The number of nitro benzene ring substituents is 1. The van der Waals surface area contributed by atoms with Gasteiger partial charge in [0, 0.05) is 24.1 Å². The molecule has 2 rings (SSSR count). The zero-order chi connectivity index (χ0) is 17.7. The van der Waals surface area contributed by atoms with Crippen LogP contribution in [0, 0.1) is 10.1 Å². The van der Waals surface area contributed by atoms with E-state index in [2.05, 4.69) is 0 Å². The largest absolute Gasteiger partial charge is 0.489 e. The lowest BCUT2D eigenvalue weighted by atomic mass is 10.1. The zero-order valence-corrected chi connectivity index (χ0v) is 13.5. The number of unbranched alkanes of at least 4 members (excludes halogenated alkanes) is 1. The third-order valence-electron chi connectivity index (χ3n) is 3.60. The van der Waals surface area contributed by atoms with Gasteiger partial charge in [0.25, 0.3) is 17.7 Å². The highest BCUT2D eigenvalue weighted by molar-refractivity contribution is 5.90. The number of non-ortho nitro benzene ring substituents is 1. The lowest BCUT2D eigenvalue weighted by molar-refractivity contribution is -0.384. The number of nitro groups is 1. The van der Waals surface area contributed by atoms with Crippen molar-refractivity contribution in [2.75, 3.05) is 6.61 Å². The molecule has 0 atom stereocenters. The first-order valence-corrected chi connectivity index (χ1v) is 7.63. The van der Waals surface area contributed by atoms with Crippen molar-refractivity contribution in [1.29, 1.82) is 0 Å². The Kier molecular flexibility index (Phi) is 5.51. The SMILES string of the molecule is CCCCOc1c(OC=O)c(=O)n(CC)c2cc([N+](=O)[O-])ccc12. The Hall–Kier alpha value is -2.90. The number of hydrogen-bond donors (Lipinski definition) is 0. The lowest BCUT2D eigenvalue weighted by Crippen LogP contribution is -2.23. The Morgan fingerprint density at radius 2 is 2.04 bits per heavy atom. The maximum absolute atomic E-state index is 12.6. The van der Waals surface area contributed by atoms with Crippen molar-refractivity contribution in [2.45, 2.75) is 33.2 Å². The average molecular weight is 334 g/mol. The molecule has 0 radical (unpaired) electrons. The van der Waals surface area contributed by atoms with Crippen LogP contribution in [0.2, 0.25) is 0 Å². The van der Waals surface area contributed by atoms with E-state index in [4.69, 9.17) is 9.47 Å². The Balaban J connectivity index is 2.78. The van der Waals surface area contributed by atoms with Gasteiger partial charge in [-0.1, -0.05) is 13.3 Å². The number of fused-ring (bicyclic) bond motifs is 1.